The second kappa shape index (κ2) is 10.1. The van der Waals surface area contributed by atoms with Crippen LogP contribution < -0.4 is 10.2 Å². The number of pyridine rings is 1. The lowest BCUT2D eigenvalue weighted by atomic mass is 10.1. The first kappa shape index (κ1) is 23.9. The van der Waals surface area contributed by atoms with Gasteiger partial charge < -0.3 is 15.2 Å². The molecule has 1 fully saturated rings. The molecule has 5 aromatic rings. The average molecular weight is 514 g/mol. The average Bonchev–Trinajstić information content (AvgIpc) is 3.33. The van der Waals surface area contributed by atoms with Crippen LogP contribution in [0, 0.1) is 11.6 Å². The van der Waals surface area contributed by atoms with Gasteiger partial charge in [0.05, 0.1) is 5.56 Å². The van der Waals surface area contributed by atoms with Crippen LogP contribution in [0.5, 0.6) is 0 Å². The van der Waals surface area contributed by atoms with Crippen LogP contribution in [0.2, 0.25) is 0 Å². The first-order chi connectivity index (χ1) is 18.5. The molecule has 6 rings (SSSR count). The smallest absolute Gasteiger partial charge is 0.257 e. The predicted octanol–water partition coefficient (Wildman–Crippen LogP) is 4.40. The van der Waals surface area contributed by atoms with Crippen LogP contribution >= 0.6 is 0 Å². The van der Waals surface area contributed by atoms with E-state index >= 15 is 0 Å². The van der Waals surface area contributed by atoms with Crippen molar-refractivity contribution in [3.05, 3.63) is 90.0 Å². The number of aromatic amines is 1. The van der Waals surface area contributed by atoms with Crippen molar-refractivity contribution in [1.29, 1.82) is 0 Å². The van der Waals surface area contributed by atoms with Gasteiger partial charge in [-0.15, -0.1) is 0 Å². The summed E-state index contributed by atoms with van der Waals surface area (Å²) in [5.41, 5.74) is 4.50. The van der Waals surface area contributed by atoms with E-state index in [1.807, 2.05) is 18.2 Å². The molecule has 10 heteroatoms. The van der Waals surface area contributed by atoms with Crippen LogP contribution in [-0.2, 0) is 6.42 Å². The fourth-order valence-electron chi connectivity index (χ4n) is 4.86. The zero-order valence-electron chi connectivity index (χ0n) is 20.5. The minimum absolute atomic E-state index is 0.227. The van der Waals surface area contributed by atoms with Crippen LogP contribution in [-0.4, -0.2) is 63.5 Å². The van der Waals surface area contributed by atoms with Gasteiger partial charge in [0.1, 0.15) is 17.4 Å². The summed E-state index contributed by atoms with van der Waals surface area (Å²) in [6, 6.07) is 13.2. The quantitative estimate of drug-likeness (QED) is 0.350. The summed E-state index contributed by atoms with van der Waals surface area (Å²) in [6.07, 6.45) is 5.39. The van der Waals surface area contributed by atoms with E-state index in [-0.39, 0.29) is 5.91 Å². The van der Waals surface area contributed by atoms with Gasteiger partial charge in [0.15, 0.2) is 17.5 Å². The molecule has 1 aliphatic heterocycles. The summed E-state index contributed by atoms with van der Waals surface area (Å²) < 4.78 is 26.7. The summed E-state index contributed by atoms with van der Waals surface area (Å²) in [6.45, 7) is 4.01. The molecule has 192 valence electrons. The third-order valence-electron chi connectivity index (χ3n) is 6.92. The van der Waals surface area contributed by atoms with Crippen molar-refractivity contribution in [3.8, 4) is 0 Å². The third kappa shape index (κ3) is 4.78. The first-order valence-corrected chi connectivity index (χ1v) is 12.4. The lowest BCUT2D eigenvalue weighted by Crippen LogP contribution is -2.47. The molecule has 0 saturated carbocycles. The fourth-order valence-corrected chi connectivity index (χ4v) is 4.86. The molecule has 3 aromatic heterocycles. The normalized spacial score (nSPS) is 14.3. The molecule has 2 aromatic carbocycles. The number of carbonyl (C=O) groups excluding carboxylic acids is 1. The number of halogens is 2. The van der Waals surface area contributed by atoms with Crippen molar-refractivity contribution >= 4 is 39.3 Å². The van der Waals surface area contributed by atoms with Crippen molar-refractivity contribution < 1.29 is 13.6 Å². The van der Waals surface area contributed by atoms with E-state index in [0.29, 0.717) is 17.7 Å². The number of amides is 1. The number of hydrogen-bond donors (Lipinski definition) is 2. The Hall–Kier alpha value is -4.44. The van der Waals surface area contributed by atoms with Gasteiger partial charge in [-0.25, -0.2) is 18.7 Å². The number of anilines is 2. The highest BCUT2D eigenvalue weighted by atomic mass is 19.2. The molecule has 1 aliphatic rings. The second-order valence-electron chi connectivity index (χ2n) is 9.33. The van der Waals surface area contributed by atoms with Gasteiger partial charge in [0, 0.05) is 61.7 Å². The van der Waals surface area contributed by atoms with Crippen molar-refractivity contribution in [2.24, 2.45) is 0 Å². The summed E-state index contributed by atoms with van der Waals surface area (Å²) in [5, 5.41) is 3.83. The van der Waals surface area contributed by atoms with E-state index in [1.165, 1.54) is 18.3 Å². The molecule has 0 aliphatic carbocycles. The maximum absolute atomic E-state index is 13.5. The molecular weight excluding hydrogens is 488 g/mol. The lowest BCUT2D eigenvalue weighted by molar-refractivity contribution is 0.102. The first-order valence-electron chi connectivity index (χ1n) is 12.4. The number of benzene rings is 2. The van der Waals surface area contributed by atoms with Crippen LogP contribution in [0.15, 0.2) is 67.3 Å². The molecule has 8 nitrogen and oxygen atoms in total. The second-order valence-corrected chi connectivity index (χ2v) is 9.33. The Balaban J connectivity index is 1.16. The zero-order valence-corrected chi connectivity index (χ0v) is 20.5. The van der Waals surface area contributed by atoms with Crippen LogP contribution in [0.3, 0.4) is 0 Å². The molecule has 0 atom stereocenters. The highest BCUT2D eigenvalue weighted by Crippen LogP contribution is 2.31. The maximum atomic E-state index is 13.5. The highest BCUT2D eigenvalue weighted by molar-refractivity contribution is 6.11. The van der Waals surface area contributed by atoms with E-state index in [1.54, 1.807) is 30.7 Å². The fraction of sp³-hybridized carbons (Fsp3) is 0.214. The molecule has 2 N–H and O–H groups in total. The number of H-pyrrole nitrogens is 1. The van der Waals surface area contributed by atoms with Crippen molar-refractivity contribution in [2.45, 2.75) is 6.42 Å². The van der Waals surface area contributed by atoms with Gasteiger partial charge in [0.25, 0.3) is 5.91 Å². The molecule has 0 spiro atoms. The molecule has 1 amide bonds. The van der Waals surface area contributed by atoms with Gasteiger partial charge in [-0.1, -0.05) is 6.07 Å². The topological polar surface area (TPSA) is 90.0 Å². The molecular formula is C28H25F2N7O. The van der Waals surface area contributed by atoms with E-state index in [0.717, 1.165) is 66.0 Å². The number of hydrogen-bond acceptors (Lipinski definition) is 6. The largest absolute Gasteiger partial charge is 0.352 e. The SMILES string of the molecule is O=C(Nc1ccc2[nH]c3c(N4CCN(CCc5ccc(F)c(F)c5)CC4)ncnc3c2c1)c1cccnc1. The molecule has 1 saturated heterocycles. The zero-order chi connectivity index (χ0) is 26.1. The molecule has 0 bridgehead atoms. The monoisotopic (exact) mass is 513 g/mol. The van der Waals surface area contributed by atoms with E-state index in [9.17, 15) is 13.6 Å². The van der Waals surface area contributed by atoms with Gasteiger partial charge in [-0.2, -0.15) is 0 Å². The van der Waals surface area contributed by atoms with Crippen LogP contribution in [0.25, 0.3) is 21.9 Å². The minimum Gasteiger partial charge on any atom is -0.352 e. The van der Waals surface area contributed by atoms with Crippen LogP contribution in [0.4, 0.5) is 20.3 Å². The Morgan fingerprint density at radius 1 is 1.00 bits per heavy atom. The number of piperazine rings is 1. The van der Waals surface area contributed by atoms with Gasteiger partial charge in [-0.3, -0.25) is 14.7 Å². The van der Waals surface area contributed by atoms with Gasteiger partial charge >= 0.3 is 0 Å². The number of fused-ring (bicyclic) bond motifs is 3. The number of carbonyl (C=O) groups is 1. The predicted molar refractivity (Wildman–Crippen MR) is 142 cm³/mol. The molecule has 4 heterocycles. The Morgan fingerprint density at radius 3 is 2.66 bits per heavy atom. The standard InChI is InChI=1S/C28H25F2N7O/c29-22-5-3-18(14-23(22)30)7-9-36-10-12-37(13-11-36)27-26-25(32-17-33-27)21-15-20(4-6-24(21)35-26)34-28(38)19-2-1-8-31-16-19/h1-6,8,14-17,35H,7,9-13H2,(H,34,38). The summed E-state index contributed by atoms with van der Waals surface area (Å²) in [5.74, 6) is -1.01. The number of rotatable bonds is 6. The number of nitrogens with one attached hydrogen (secondary N) is 2. The van der Waals surface area contributed by atoms with E-state index in [2.05, 4.69) is 35.1 Å². The van der Waals surface area contributed by atoms with Crippen molar-refractivity contribution in [1.82, 2.24) is 24.8 Å². The van der Waals surface area contributed by atoms with Crippen molar-refractivity contribution in [3.63, 3.8) is 0 Å². The molecule has 38 heavy (non-hydrogen) atoms. The summed E-state index contributed by atoms with van der Waals surface area (Å²) >= 11 is 0. The Bertz CT molecular complexity index is 1610. The van der Waals surface area contributed by atoms with Gasteiger partial charge in [0.2, 0.25) is 0 Å². The highest BCUT2D eigenvalue weighted by Gasteiger charge is 2.22. The van der Waals surface area contributed by atoms with E-state index in [4.69, 9.17) is 0 Å². The minimum atomic E-state index is -0.818. The van der Waals surface area contributed by atoms with Crippen LogP contribution in [0.1, 0.15) is 15.9 Å². The Morgan fingerprint density at radius 2 is 1.87 bits per heavy atom. The molecule has 0 unspecified atom stereocenters. The van der Waals surface area contributed by atoms with Gasteiger partial charge in [-0.05, 0) is 54.4 Å². The number of aromatic nitrogens is 4. The Labute approximate surface area is 217 Å². The third-order valence-corrected chi connectivity index (χ3v) is 6.92. The number of nitrogens with zero attached hydrogens (tertiary/aromatic N) is 5. The molecule has 0 radical (unpaired) electrons. The van der Waals surface area contributed by atoms with E-state index < -0.39 is 11.6 Å². The summed E-state index contributed by atoms with van der Waals surface area (Å²) in [4.78, 5) is 33.7. The summed E-state index contributed by atoms with van der Waals surface area (Å²) in [7, 11) is 0. The maximum Gasteiger partial charge on any atom is 0.257 e. The van der Waals surface area contributed by atoms with Crippen molar-refractivity contribution in [2.75, 3.05) is 42.9 Å². The lowest BCUT2D eigenvalue weighted by Gasteiger charge is -2.35. The Kier molecular flexibility index (Phi) is 6.38.